The van der Waals surface area contributed by atoms with Crippen molar-refractivity contribution in [1.29, 1.82) is 0 Å². The van der Waals surface area contributed by atoms with Crippen LogP contribution in [0.4, 0.5) is 48.2 Å². The van der Waals surface area contributed by atoms with E-state index in [2.05, 4.69) is 24.8 Å². The Kier molecular flexibility index (Phi) is 6.55. The van der Waals surface area contributed by atoms with Gasteiger partial charge in [-0.3, -0.25) is 0 Å². The molecule has 6 nitrogen and oxygen atoms in total. The number of nitrogen functional groups attached to an aromatic ring is 1. The Balaban J connectivity index is 2.15. The summed E-state index contributed by atoms with van der Waals surface area (Å²) < 4.78 is 100. The van der Waals surface area contributed by atoms with E-state index in [1.54, 1.807) is 0 Å². The summed E-state index contributed by atoms with van der Waals surface area (Å²) in [4.78, 5) is 7.30. The van der Waals surface area contributed by atoms with Crippen molar-refractivity contribution >= 4 is 17.5 Å². The van der Waals surface area contributed by atoms with Gasteiger partial charge in [0.2, 0.25) is 5.95 Å². The molecule has 0 aliphatic carbocycles. The molecule has 1 aromatic heterocycles. The van der Waals surface area contributed by atoms with Crippen LogP contribution in [0, 0.1) is 0 Å². The Labute approximate surface area is 175 Å². The number of aromatic nitrogens is 2. The zero-order valence-corrected chi connectivity index (χ0v) is 15.7. The Morgan fingerprint density at radius 3 is 2.00 bits per heavy atom. The number of anilines is 3. The molecule has 0 unspecified atom stereocenters. The fourth-order valence-corrected chi connectivity index (χ4v) is 2.76. The molecule has 0 atom stereocenters. The predicted molar refractivity (Wildman–Crippen MR) is 99.9 cm³/mol. The summed E-state index contributed by atoms with van der Waals surface area (Å²) in [5.74, 6) is -2.47. The zero-order valence-electron chi connectivity index (χ0n) is 15.7. The summed E-state index contributed by atoms with van der Waals surface area (Å²) >= 11 is 0. The van der Waals surface area contributed by atoms with Crippen LogP contribution >= 0.6 is 0 Å². The second-order valence-corrected chi connectivity index (χ2v) is 6.03. The van der Waals surface area contributed by atoms with E-state index in [0.717, 1.165) is 12.1 Å². The van der Waals surface area contributed by atoms with Crippen molar-refractivity contribution < 1.29 is 40.2 Å². The average molecular weight is 462 g/mol. The smallest absolute Gasteiger partial charge is 0.422 e. The molecule has 0 spiro atoms. The maximum atomic E-state index is 13.7. The largest absolute Gasteiger partial charge is 0.434 e. The molecule has 0 saturated heterocycles. The summed E-state index contributed by atoms with van der Waals surface area (Å²) in [6, 6.07) is 9.93. The normalized spacial score (nSPS) is 11.7. The van der Waals surface area contributed by atoms with E-state index in [1.807, 2.05) is 0 Å². The fourth-order valence-electron chi connectivity index (χ4n) is 2.76. The topological polar surface area (TPSA) is 82.3 Å². The first-order valence-electron chi connectivity index (χ1n) is 8.66. The standard InChI is InChI=1S/C19H13F7N4O2/c20-16(21)31-11-7-3-1-5-9(11)14-13(19(24,25)26)15(27)30-18(29-14)28-10-6-2-4-8-12(10)32-17(22)23/h1-8,16-17H,(H3,27,28,29,30). The number of ether oxygens (including phenoxy) is 2. The zero-order chi connectivity index (χ0) is 23.5. The number of para-hydroxylation sites is 3. The Bertz CT molecular complexity index is 1090. The Morgan fingerprint density at radius 2 is 1.38 bits per heavy atom. The van der Waals surface area contributed by atoms with Crippen molar-refractivity contribution in [2.24, 2.45) is 0 Å². The van der Waals surface area contributed by atoms with Gasteiger partial charge in [0.05, 0.1) is 11.4 Å². The molecule has 0 bridgehead atoms. The summed E-state index contributed by atoms with van der Waals surface area (Å²) in [5, 5.41) is 2.45. The number of nitrogens with zero attached hydrogens (tertiary/aromatic N) is 2. The lowest BCUT2D eigenvalue weighted by Gasteiger charge is -2.18. The molecule has 3 rings (SSSR count). The highest BCUT2D eigenvalue weighted by atomic mass is 19.4. The number of alkyl halides is 7. The van der Waals surface area contributed by atoms with Gasteiger partial charge in [-0.05, 0) is 24.3 Å². The molecule has 2 aromatic carbocycles. The number of benzene rings is 2. The molecule has 3 aromatic rings. The van der Waals surface area contributed by atoms with Crippen LogP contribution in [0.25, 0.3) is 11.3 Å². The minimum Gasteiger partial charge on any atom is -0.434 e. The molecule has 0 fully saturated rings. The number of halogens is 7. The summed E-state index contributed by atoms with van der Waals surface area (Å²) in [6.07, 6.45) is -5.05. The van der Waals surface area contributed by atoms with Crippen molar-refractivity contribution in [3.05, 3.63) is 54.1 Å². The quantitative estimate of drug-likeness (QED) is 0.439. The minimum absolute atomic E-state index is 0.102. The molecule has 1 heterocycles. The van der Waals surface area contributed by atoms with Gasteiger partial charge in [0.1, 0.15) is 22.9 Å². The molecule has 0 aliphatic rings. The highest BCUT2D eigenvalue weighted by Crippen LogP contribution is 2.43. The van der Waals surface area contributed by atoms with Crippen LogP contribution in [-0.4, -0.2) is 23.2 Å². The van der Waals surface area contributed by atoms with Crippen LogP contribution in [-0.2, 0) is 6.18 Å². The highest BCUT2D eigenvalue weighted by molar-refractivity contribution is 5.76. The Hall–Kier alpha value is -3.77. The molecular formula is C19H13F7N4O2. The van der Waals surface area contributed by atoms with Gasteiger partial charge < -0.3 is 20.5 Å². The molecule has 170 valence electrons. The van der Waals surface area contributed by atoms with Gasteiger partial charge in [-0.25, -0.2) is 4.98 Å². The monoisotopic (exact) mass is 462 g/mol. The van der Waals surface area contributed by atoms with Gasteiger partial charge in [0, 0.05) is 5.56 Å². The molecule has 32 heavy (non-hydrogen) atoms. The maximum absolute atomic E-state index is 13.7. The number of hydrogen-bond donors (Lipinski definition) is 2. The van der Waals surface area contributed by atoms with Crippen LogP contribution in [0.15, 0.2) is 48.5 Å². The van der Waals surface area contributed by atoms with E-state index in [0.29, 0.717) is 0 Å². The molecule has 0 aliphatic heterocycles. The van der Waals surface area contributed by atoms with E-state index in [9.17, 15) is 30.7 Å². The van der Waals surface area contributed by atoms with Gasteiger partial charge in [-0.15, -0.1) is 0 Å². The SMILES string of the molecule is Nc1nc(Nc2ccccc2OC(F)F)nc(-c2ccccc2OC(F)F)c1C(F)(F)F. The van der Waals surface area contributed by atoms with E-state index in [4.69, 9.17) is 5.73 Å². The second kappa shape index (κ2) is 9.16. The first kappa shape index (κ1) is 22.9. The van der Waals surface area contributed by atoms with Crippen molar-refractivity contribution in [1.82, 2.24) is 9.97 Å². The van der Waals surface area contributed by atoms with Crippen LogP contribution in [0.3, 0.4) is 0 Å². The predicted octanol–water partition coefficient (Wildman–Crippen LogP) is 5.69. The first-order valence-corrected chi connectivity index (χ1v) is 8.66. The van der Waals surface area contributed by atoms with Crippen LogP contribution in [0.1, 0.15) is 5.56 Å². The van der Waals surface area contributed by atoms with Crippen molar-refractivity contribution in [2.45, 2.75) is 19.4 Å². The lowest BCUT2D eigenvalue weighted by atomic mass is 10.0. The van der Waals surface area contributed by atoms with Crippen molar-refractivity contribution in [2.75, 3.05) is 11.1 Å². The van der Waals surface area contributed by atoms with E-state index >= 15 is 0 Å². The molecule has 3 N–H and O–H groups in total. The van der Waals surface area contributed by atoms with Crippen LogP contribution < -0.4 is 20.5 Å². The fraction of sp³-hybridized carbons (Fsp3) is 0.158. The van der Waals surface area contributed by atoms with Gasteiger partial charge in [0.25, 0.3) is 0 Å². The second-order valence-electron chi connectivity index (χ2n) is 6.03. The third-order valence-electron chi connectivity index (χ3n) is 3.93. The Morgan fingerprint density at radius 1 is 0.812 bits per heavy atom. The average Bonchev–Trinajstić information content (AvgIpc) is 2.67. The summed E-state index contributed by atoms with van der Waals surface area (Å²) in [5.41, 5.74) is 2.65. The third kappa shape index (κ3) is 5.28. The first-order chi connectivity index (χ1) is 15.1. The van der Waals surface area contributed by atoms with Crippen molar-refractivity contribution in [3.63, 3.8) is 0 Å². The molecule has 13 heteroatoms. The van der Waals surface area contributed by atoms with Crippen LogP contribution in [0.2, 0.25) is 0 Å². The van der Waals surface area contributed by atoms with Gasteiger partial charge in [-0.2, -0.15) is 35.7 Å². The molecule has 0 saturated carbocycles. The highest BCUT2D eigenvalue weighted by Gasteiger charge is 2.39. The van der Waals surface area contributed by atoms with Gasteiger partial charge in [0.15, 0.2) is 0 Å². The summed E-state index contributed by atoms with van der Waals surface area (Å²) in [6.45, 7) is -6.49. The van der Waals surface area contributed by atoms with Gasteiger partial charge in [-0.1, -0.05) is 24.3 Å². The molecule has 0 amide bonds. The minimum atomic E-state index is -5.05. The lowest BCUT2D eigenvalue weighted by molar-refractivity contribution is -0.136. The third-order valence-corrected chi connectivity index (χ3v) is 3.93. The number of hydrogen-bond acceptors (Lipinski definition) is 6. The van der Waals surface area contributed by atoms with Gasteiger partial charge >= 0.3 is 19.4 Å². The van der Waals surface area contributed by atoms with Crippen molar-refractivity contribution in [3.8, 4) is 22.8 Å². The number of nitrogens with one attached hydrogen (secondary N) is 1. The molecule has 0 radical (unpaired) electrons. The maximum Gasteiger partial charge on any atom is 0.422 e. The summed E-state index contributed by atoms with van der Waals surface area (Å²) in [7, 11) is 0. The van der Waals surface area contributed by atoms with Crippen LogP contribution in [0.5, 0.6) is 11.5 Å². The lowest BCUT2D eigenvalue weighted by Crippen LogP contribution is -2.16. The van der Waals surface area contributed by atoms with E-state index in [1.165, 1.54) is 36.4 Å². The molecular weight excluding hydrogens is 449 g/mol. The number of rotatable bonds is 7. The van der Waals surface area contributed by atoms with E-state index in [-0.39, 0.29) is 11.4 Å². The van der Waals surface area contributed by atoms with E-state index < -0.39 is 53.7 Å². The number of nitrogens with two attached hydrogens (primary N) is 1.